The number of piperidine rings is 1. The van der Waals surface area contributed by atoms with Gasteiger partial charge in [0.15, 0.2) is 0 Å². The maximum atomic E-state index is 12.8. The molecule has 2 saturated heterocycles. The van der Waals surface area contributed by atoms with Crippen LogP contribution in [0.15, 0.2) is 18.3 Å². The third kappa shape index (κ3) is 5.34. The van der Waals surface area contributed by atoms with Crippen LogP contribution in [0.4, 0.5) is 4.79 Å². The summed E-state index contributed by atoms with van der Waals surface area (Å²) in [6, 6.07) is 3.22. The molecule has 0 bridgehead atoms. The quantitative estimate of drug-likeness (QED) is 0.814. The van der Waals surface area contributed by atoms with Gasteiger partial charge in [-0.15, -0.1) is 0 Å². The third-order valence-electron chi connectivity index (χ3n) is 5.72. The van der Waals surface area contributed by atoms with E-state index in [1.54, 1.807) is 0 Å². The standard InChI is InChI=1S/C22H34N4O4/c1-22(2,3)30-21(29)26-13-7-9-17(26)19(27)23-14-16-8-5-12-25(15-16)20(28)18-10-6-11-24(18)4/h6,10-11,16-17H,5,7-9,12-15H2,1-4H3,(H,23,27)/t16-,17+/m0/s1. The summed E-state index contributed by atoms with van der Waals surface area (Å²) in [6.07, 6.45) is 4.76. The van der Waals surface area contributed by atoms with Gasteiger partial charge in [-0.3, -0.25) is 14.5 Å². The summed E-state index contributed by atoms with van der Waals surface area (Å²) in [6.45, 7) is 7.88. The van der Waals surface area contributed by atoms with Gasteiger partial charge in [0.2, 0.25) is 5.91 Å². The van der Waals surface area contributed by atoms with E-state index < -0.39 is 17.7 Å². The Labute approximate surface area is 178 Å². The summed E-state index contributed by atoms with van der Waals surface area (Å²) >= 11 is 0. The van der Waals surface area contributed by atoms with Crippen molar-refractivity contribution in [2.24, 2.45) is 13.0 Å². The predicted molar refractivity (Wildman–Crippen MR) is 113 cm³/mol. The van der Waals surface area contributed by atoms with Crippen molar-refractivity contribution in [2.75, 3.05) is 26.2 Å². The molecule has 0 aromatic carbocycles. The molecule has 3 heterocycles. The van der Waals surface area contributed by atoms with Gasteiger partial charge in [0.25, 0.3) is 5.91 Å². The number of hydrogen-bond donors (Lipinski definition) is 1. The van der Waals surface area contributed by atoms with E-state index in [0.29, 0.717) is 31.7 Å². The van der Waals surface area contributed by atoms with E-state index >= 15 is 0 Å². The molecule has 3 rings (SSSR count). The van der Waals surface area contributed by atoms with Crippen LogP contribution in [-0.4, -0.2) is 70.1 Å². The monoisotopic (exact) mass is 418 g/mol. The largest absolute Gasteiger partial charge is 0.444 e. The fourth-order valence-corrected chi connectivity index (χ4v) is 4.20. The second-order valence-corrected chi connectivity index (χ2v) is 9.34. The Balaban J connectivity index is 1.52. The van der Waals surface area contributed by atoms with E-state index in [9.17, 15) is 14.4 Å². The van der Waals surface area contributed by atoms with Gasteiger partial charge in [-0.1, -0.05) is 0 Å². The number of aryl methyl sites for hydroxylation is 1. The first-order valence-corrected chi connectivity index (χ1v) is 10.8. The highest BCUT2D eigenvalue weighted by atomic mass is 16.6. The van der Waals surface area contributed by atoms with Crippen molar-refractivity contribution in [2.45, 2.75) is 58.1 Å². The highest BCUT2D eigenvalue weighted by molar-refractivity contribution is 5.92. The van der Waals surface area contributed by atoms with Gasteiger partial charge in [-0.25, -0.2) is 4.79 Å². The van der Waals surface area contributed by atoms with Crippen LogP contribution in [-0.2, 0) is 16.6 Å². The number of amides is 3. The lowest BCUT2D eigenvalue weighted by atomic mass is 9.97. The zero-order valence-electron chi connectivity index (χ0n) is 18.5. The molecule has 1 N–H and O–H groups in total. The molecule has 0 radical (unpaired) electrons. The van der Waals surface area contributed by atoms with Crippen molar-refractivity contribution in [3.05, 3.63) is 24.0 Å². The van der Waals surface area contributed by atoms with E-state index in [1.807, 2.05) is 55.6 Å². The van der Waals surface area contributed by atoms with E-state index in [0.717, 1.165) is 25.8 Å². The molecule has 2 aliphatic rings. The van der Waals surface area contributed by atoms with Crippen molar-refractivity contribution >= 4 is 17.9 Å². The lowest BCUT2D eigenvalue weighted by Gasteiger charge is -2.33. The molecule has 0 aliphatic carbocycles. The van der Waals surface area contributed by atoms with Crippen molar-refractivity contribution < 1.29 is 19.1 Å². The Kier molecular flexibility index (Phi) is 6.73. The topological polar surface area (TPSA) is 83.9 Å². The Morgan fingerprint density at radius 1 is 1.17 bits per heavy atom. The van der Waals surface area contributed by atoms with Crippen LogP contribution in [0, 0.1) is 5.92 Å². The average Bonchev–Trinajstić information content (AvgIpc) is 3.33. The van der Waals surface area contributed by atoms with E-state index in [2.05, 4.69) is 5.32 Å². The van der Waals surface area contributed by atoms with Gasteiger partial charge in [0, 0.05) is 39.4 Å². The molecular formula is C22H34N4O4. The highest BCUT2D eigenvalue weighted by Gasteiger charge is 2.37. The first kappa shape index (κ1) is 22.2. The molecule has 0 spiro atoms. The van der Waals surface area contributed by atoms with Gasteiger partial charge in [-0.05, 0) is 64.5 Å². The predicted octanol–water partition coefficient (Wildman–Crippen LogP) is 2.39. The lowest BCUT2D eigenvalue weighted by Crippen LogP contribution is -2.50. The number of carbonyl (C=O) groups excluding carboxylic acids is 3. The number of hydrogen-bond acceptors (Lipinski definition) is 4. The van der Waals surface area contributed by atoms with Crippen LogP contribution < -0.4 is 5.32 Å². The van der Waals surface area contributed by atoms with Crippen molar-refractivity contribution in [1.82, 2.24) is 19.7 Å². The lowest BCUT2D eigenvalue weighted by molar-refractivity contribution is -0.125. The first-order valence-electron chi connectivity index (χ1n) is 10.8. The Hall–Kier alpha value is -2.51. The molecule has 1 aromatic heterocycles. The molecule has 2 atom stereocenters. The smallest absolute Gasteiger partial charge is 0.410 e. The minimum absolute atomic E-state index is 0.0328. The number of nitrogens with zero attached hydrogens (tertiary/aromatic N) is 3. The number of likely N-dealkylation sites (tertiary alicyclic amines) is 2. The summed E-state index contributed by atoms with van der Waals surface area (Å²) in [5.74, 6) is 0.109. The summed E-state index contributed by atoms with van der Waals surface area (Å²) in [5, 5.41) is 3.02. The molecule has 1 aromatic rings. The van der Waals surface area contributed by atoms with Crippen LogP contribution in [0.25, 0.3) is 0 Å². The normalized spacial score (nSPS) is 22.1. The molecule has 166 valence electrons. The summed E-state index contributed by atoms with van der Waals surface area (Å²) in [4.78, 5) is 41.4. The van der Waals surface area contributed by atoms with Gasteiger partial charge in [-0.2, -0.15) is 0 Å². The fraction of sp³-hybridized carbons (Fsp3) is 0.682. The second kappa shape index (κ2) is 9.10. The van der Waals surface area contributed by atoms with E-state index in [4.69, 9.17) is 4.74 Å². The molecule has 0 unspecified atom stereocenters. The molecule has 0 saturated carbocycles. The van der Waals surface area contributed by atoms with Gasteiger partial charge in [0.05, 0.1) is 0 Å². The third-order valence-corrected chi connectivity index (χ3v) is 5.72. The number of aromatic nitrogens is 1. The van der Waals surface area contributed by atoms with E-state index in [1.165, 1.54) is 4.90 Å². The van der Waals surface area contributed by atoms with Gasteiger partial charge < -0.3 is 19.5 Å². The number of ether oxygens (including phenoxy) is 1. The molecule has 2 aliphatic heterocycles. The number of carbonyl (C=O) groups is 3. The number of rotatable bonds is 4. The van der Waals surface area contributed by atoms with Crippen LogP contribution in [0.1, 0.15) is 56.9 Å². The zero-order chi connectivity index (χ0) is 21.9. The zero-order valence-corrected chi connectivity index (χ0v) is 18.5. The SMILES string of the molecule is Cn1cccc1C(=O)N1CCC[C@@H](CNC(=O)[C@H]2CCCN2C(=O)OC(C)(C)C)C1. The minimum atomic E-state index is -0.586. The molecular weight excluding hydrogens is 384 g/mol. The molecule has 8 heteroatoms. The highest BCUT2D eigenvalue weighted by Crippen LogP contribution is 2.22. The molecule has 8 nitrogen and oxygen atoms in total. The first-order chi connectivity index (χ1) is 14.2. The van der Waals surface area contributed by atoms with Crippen LogP contribution in [0.3, 0.4) is 0 Å². The van der Waals surface area contributed by atoms with Crippen molar-refractivity contribution in [1.29, 1.82) is 0 Å². The van der Waals surface area contributed by atoms with Crippen LogP contribution >= 0.6 is 0 Å². The van der Waals surface area contributed by atoms with Crippen molar-refractivity contribution in [3.8, 4) is 0 Å². The van der Waals surface area contributed by atoms with Gasteiger partial charge >= 0.3 is 6.09 Å². The maximum absolute atomic E-state index is 12.8. The molecule has 2 fully saturated rings. The summed E-state index contributed by atoms with van der Waals surface area (Å²) < 4.78 is 7.28. The van der Waals surface area contributed by atoms with Crippen molar-refractivity contribution in [3.63, 3.8) is 0 Å². The van der Waals surface area contributed by atoms with Crippen LogP contribution in [0.5, 0.6) is 0 Å². The summed E-state index contributed by atoms with van der Waals surface area (Å²) in [7, 11) is 1.87. The number of nitrogens with one attached hydrogen (secondary N) is 1. The fourth-order valence-electron chi connectivity index (χ4n) is 4.20. The molecule has 3 amide bonds. The average molecular weight is 419 g/mol. The van der Waals surface area contributed by atoms with Crippen LogP contribution in [0.2, 0.25) is 0 Å². The minimum Gasteiger partial charge on any atom is -0.444 e. The summed E-state index contributed by atoms with van der Waals surface area (Å²) in [5.41, 5.74) is 0.0931. The van der Waals surface area contributed by atoms with Gasteiger partial charge in [0.1, 0.15) is 17.3 Å². The molecule has 30 heavy (non-hydrogen) atoms. The Morgan fingerprint density at radius 3 is 2.57 bits per heavy atom. The maximum Gasteiger partial charge on any atom is 0.410 e. The second-order valence-electron chi connectivity index (χ2n) is 9.34. The Morgan fingerprint density at radius 2 is 1.90 bits per heavy atom. The Bertz CT molecular complexity index is 782. The van der Waals surface area contributed by atoms with E-state index in [-0.39, 0.29) is 17.7 Å².